The maximum atomic E-state index is 4.77. The van der Waals surface area contributed by atoms with Crippen LogP contribution in [-0.2, 0) is 0 Å². The molecule has 1 aromatic heterocycles. The minimum absolute atomic E-state index is 0. The molecule has 0 aliphatic carbocycles. The third-order valence-electron chi connectivity index (χ3n) is 3.57. The largest absolute Gasteiger partial charge is 0.246 e. The highest BCUT2D eigenvalue weighted by Gasteiger charge is 2.10. The van der Waals surface area contributed by atoms with Crippen LogP contribution in [0.3, 0.4) is 0 Å². The predicted octanol–water partition coefficient (Wildman–Crippen LogP) is 5.41. The van der Waals surface area contributed by atoms with E-state index in [0.717, 1.165) is 27.6 Å². The Morgan fingerprint density at radius 2 is 1.28 bits per heavy atom. The molecule has 0 bridgehead atoms. The lowest BCUT2D eigenvalue weighted by atomic mass is 10.2. The Kier molecular flexibility index (Phi) is 5.58. The molecule has 5 heteroatoms. The first-order valence-electron chi connectivity index (χ1n) is 7.71. The monoisotopic (exact) mass is 409 g/mol. The fourth-order valence-electron chi connectivity index (χ4n) is 2.45. The number of para-hydroxylation sites is 2. The van der Waals surface area contributed by atoms with Crippen LogP contribution in [0.4, 0.5) is 5.69 Å². The maximum Gasteiger partial charge on any atom is 0.228 e. The molecule has 0 N–H and O–H groups in total. The summed E-state index contributed by atoms with van der Waals surface area (Å²) in [6, 6.07) is 30.4. The zero-order valence-electron chi connectivity index (χ0n) is 13.3. The second kappa shape index (κ2) is 8.05. The van der Waals surface area contributed by atoms with Gasteiger partial charge in [-0.1, -0.05) is 66.7 Å². The minimum Gasteiger partial charge on any atom is -0.246 e. The van der Waals surface area contributed by atoms with Crippen molar-refractivity contribution in [3.63, 3.8) is 0 Å². The van der Waals surface area contributed by atoms with Gasteiger partial charge >= 0.3 is 0 Å². The van der Waals surface area contributed by atoms with E-state index < -0.39 is 0 Å². The summed E-state index contributed by atoms with van der Waals surface area (Å²) in [4.78, 5) is 10.2. The van der Waals surface area contributed by atoms with Gasteiger partial charge < -0.3 is 0 Å². The van der Waals surface area contributed by atoms with Gasteiger partial charge in [0.2, 0.25) is 4.80 Å². The third kappa shape index (κ3) is 3.95. The van der Waals surface area contributed by atoms with Gasteiger partial charge in [-0.25, -0.2) is 8.95 Å². The highest BCUT2D eigenvalue weighted by molar-refractivity contribution is 8.93. The predicted molar refractivity (Wildman–Crippen MR) is 109 cm³/mol. The average molecular weight is 410 g/mol. The molecule has 0 fully saturated rings. The average Bonchev–Trinajstić information content (AvgIpc) is 3.08. The van der Waals surface area contributed by atoms with Crippen molar-refractivity contribution in [2.45, 2.75) is 0 Å². The second-order valence-electron chi connectivity index (χ2n) is 5.25. The van der Waals surface area contributed by atoms with Crippen LogP contribution in [0.1, 0.15) is 0 Å². The van der Waals surface area contributed by atoms with Crippen LogP contribution in [0.2, 0.25) is 0 Å². The first-order valence-corrected chi connectivity index (χ1v) is 8.48. The van der Waals surface area contributed by atoms with Gasteiger partial charge in [0.25, 0.3) is 0 Å². The summed E-state index contributed by atoms with van der Waals surface area (Å²) in [5, 5.41) is 0. The fraction of sp³-hybridized carbons (Fsp3) is 0. The van der Waals surface area contributed by atoms with Crippen molar-refractivity contribution in [2.75, 3.05) is 0 Å². The molecule has 4 rings (SSSR count). The van der Waals surface area contributed by atoms with Crippen LogP contribution >= 0.6 is 28.5 Å². The molecule has 124 valence electrons. The lowest BCUT2D eigenvalue weighted by Crippen LogP contribution is -1.96. The van der Waals surface area contributed by atoms with E-state index in [0.29, 0.717) is 0 Å². The van der Waals surface area contributed by atoms with Gasteiger partial charge in [0, 0.05) is 5.56 Å². The molecule has 0 unspecified atom stereocenters. The minimum atomic E-state index is 0. The topological polar surface area (TPSA) is 30.2 Å². The lowest BCUT2D eigenvalue weighted by Gasteiger charge is -2.05. The standard InChI is InChI=1S/C20H15N3S.BrH/c1-4-10-16(11-5-1)19-22-20(21-17-12-6-2-7-13-17)24-23(19)18-14-8-3-9-15-18;/h1-15H;1H/b21-20+;. The first kappa shape index (κ1) is 17.3. The Labute approximate surface area is 160 Å². The molecule has 0 saturated carbocycles. The molecular weight excluding hydrogens is 394 g/mol. The molecular formula is C20H16BrN3S. The van der Waals surface area contributed by atoms with E-state index in [2.05, 4.69) is 33.2 Å². The van der Waals surface area contributed by atoms with Crippen LogP contribution < -0.4 is 4.80 Å². The highest BCUT2D eigenvalue weighted by Crippen LogP contribution is 2.22. The van der Waals surface area contributed by atoms with Gasteiger partial charge in [0.15, 0.2) is 5.82 Å². The van der Waals surface area contributed by atoms with Gasteiger partial charge in [0.1, 0.15) is 0 Å². The number of hydrogen-bond acceptors (Lipinski definition) is 3. The van der Waals surface area contributed by atoms with Crippen molar-refractivity contribution >= 4 is 34.2 Å². The van der Waals surface area contributed by atoms with Crippen molar-refractivity contribution in [1.82, 2.24) is 8.94 Å². The molecule has 3 nitrogen and oxygen atoms in total. The van der Waals surface area contributed by atoms with Gasteiger partial charge in [0.05, 0.1) is 11.4 Å². The van der Waals surface area contributed by atoms with E-state index in [-0.39, 0.29) is 17.0 Å². The quantitative estimate of drug-likeness (QED) is 0.444. The van der Waals surface area contributed by atoms with Crippen molar-refractivity contribution in [3.05, 3.63) is 95.8 Å². The fourth-order valence-corrected chi connectivity index (χ4v) is 3.34. The number of aromatic nitrogens is 2. The molecule has 0 aliphatic heterocycles. The zero-order valence-corrected chi connectivity index (χ0v) is 15.8. The molecule has 0 saturated heterocycles. The Balaban J connectivity index is 0.00000182. The number of benzene rings is 3. The van der Waals surface area contributed by atoms with E-state index >= 15 is 0 Å². The zero-order chi connectivity index (χ0) is 16.2. The van der Waals surface area contributed by atoms with E-state index in [1.807, 2.05) is 66.7 Å². The molecule has 25 heavy (non-hydrogen) atoms. The number of halogens is 1. The Morgan fingerprint density at radius 1 is 0.720 bits per heavy atom. The van der Waals surface area contributed by atoms with Crippen molar-refractivity contribution in [3.8, 4) is 17.1 Å². The summed E-state index contributed by atoms with van der Waals surface area (Å²) in [6.45, 7) is 0. The number of hydrogen-bond donors (Lipinski definition) is 0. The van der Waals surface area contributed by atoms with Crippen molar-refractivity contribution in [1.29, 1.82) is 0 Å². The van der Waals surface area contributed by atoms with Gasteiger partial charge in [-0.3, -0.25) is 0 Å². The smallest absolute Gasteiger partial charge is 0.228 e. The van der Waals surface area contributed by atoms with Crippen molar-refractivity contribution < 1.29 is 0 Å². The van der Waals surface area contributed by atoms with Crippen LogP contribution in [0.15, 0.2) is 96.0 Å². The van der Waals surface area contributed by atoms with Crippen LogP contribution in [0, 0.1) is 0 Å². The lowest BCUT2D eigenvalue weighted by molar-refractivity contribution is 1.12. The third-order valence-corrected chi connectivity index (χ3v) is 4.48. The molecule has 0 radical (unpaired) electrons. The molecule has 0 spiro atoms. The molecule has 4 aromatic rings. The van der Waals surface area contributed by atoms with Crippen molar-refractivity contribution in [2.24, 2.45) is 4.99 Å². The summed E-state index contributed by atoms with van der Waals surface area (Å²) in [7, 11) is 0. The molecule has 3 aromatic carbocycles. The normalized spacial score (nSPS) is 11.1. The van der Waals surface area contributed by atoms with Crippen LogP contribution in [0.5, 0.6) is 0 Å². The van der Waals surface area contributed by atoms with Crippen LogP contribution in [0.25, 0.3) is 17.1 Å². The van der Waals surface area contributed by atoms with E-state index in [1.165, 1.54) is 0 Å². The molecule has 1 heterocycles. The molecule has 0 amide bonds. The van der Waals surface area contributed by atoms with Gasteiger partial charge in [-0.15, -0.1) is 17.0 Å². The van der Waals surface area contributed by atoms with Gasteiger partial charge in [-0.2, -0.15) is 4.98 Å². The SMILES string of the molecule is Br.c1ccc(/N=c2\nc(-c3ccccc3)n(-c3ccccc3)s2)cc1. The van der Waals surface area contributed by atoms with Gasteiger partial charge in [-0.05, 0) is 35.8 Å². The highest BCUT2D eigenvalue weighted by atomic mass is 79.9. The first-order chi connectivity index (χ1) is 11.9. The van der Waals surface area contributed by atoms with E-state index in [9.17, 15) is 0 Å². The Bertz CT molecular complexity index is 933. The number of rotatable bonds is 3. The maximum absolute atomic E-state index is 4.77. The van der Waals surface area contributed by atoms with E-state index in [1.54, 1.807) is 11.5 Å². The van der Waals surface area contributed by atoms with Crippen LogP contribution in [-0.4, -0.2) is 8.94 Å². The second-order valence-corrected chi connectivity index (χ2v) is 6.17. The molecule has 0 atom stereocenters. The van der Waals surface area contributed by atoms with E-state index in [4.69, 9.17) is 4.98 Å². The Morgan fingerprint density at radius 3 is 1.92 bits per heavy atom. The Hall–Kier alpha value is -2.50. The summed E-state index contributed by atoms with van der Waals surface area (Å²) in [6.07, 6.45) is 0. The summed E-state index contributed by atoms with van der Waals surface area (Å²) >= 11 is 1.54. The summed E-state index contributed by atoms with van der Waals surface area (Å²) < 4.78 is 2.12. The number of nitrogens with zero attached hydrogens (tertiary/aromatic N) is 3. The molecule has 0 aliphatic rings. The summed E-state index contributed by atoms with van der Waals surface area (Å²) in [5.74, 6) is 0.904. The summed E-state index contributed by atoms with van der Waals surface area (Å²) in [5.41, 5.74) is 3.07.